The van der Waals surface area contributed by atoms with Gasteiger partial charge in [0.1, 0.15) is 5.03 Å². The molecule has 2 rings (SSSR count). The minimum Gasteiger partial charge on any atom is -0.268 e. The molecule has 1 aromatic carbocycles. The van der Waals surface area contributed by atoms with E-state index in [1.807, 2.05) is 0 Å². The second-order valence-electron chi connectivity index (χ2n) is 2.79. The van der Waals surface area contributed by atoms with Gasteiger partial charge < -0.3 is 0 Å². The number of nitrogens with zero attached hydrogens (tertiary/aromatic N) is 1. The van der Waals surface area contributed by atoms with E-state index in [0.717, 1.165) is 0 Å². The fourth-order valence-corrected chi connectivity index (χ4v) is 2.56. The molecule has 3 nitrogen and oxygen atoms in total. The fraction of sp³-hybridized carbons (Fsp3) is 0.125. The first-order valence-corrected chi connectivity index (χ1v) is 6.07. The summed E-state index contributed by atoms with van der Waals surface area (Å²) in [5.41, 5.74) is 0.632. The molecule has 1 heterocycles. The number of fused-ring (bicyclic) bond motifs is 1. The molecule has 1 unspecified atom stereocenters. The smallest absolute Gasteiger partial charge is 0.131 e. The normalized spacial score (nSPS) is 13.4. The molecule has 0 fully saturated rings. The summed E-state index contributed by atoms with van der Waals surface area (Å²) < 4.78 is 11.3. The summed E-state index contributed by atoms with van der Waals surface area (Å²) in [5.74, 6) is 0. The number of aromatic nitrogens is 2. The minimum atomic E-state index is -1.13. The van der Waals surface area contributed by atoms with Crippen molar-refractivity contribution in [1.82, 2.24) is 10.2 Å². The Morgan fingerprint density at radius 2 is 2.14 bits per heavy atom. The summed E-state index contributed by atoms with van der Waals surface area (Å²) in [4.78, 5) is 0. The van der Waals surface area contributed by atoms with Crippen LogP contribution in [-0.2, 0) is 10.8 Å². The Hall–Kier alpha value is -0.580. The van der Waals surface area contributed by atoms with Crippen LogP contribution < -0.4 is 0 Å². The summed E-state index contributed by atoms with van der Waals surface area (Å²) in [7, 11) is -1.13. The van der Waals surface area contributed by atoms with E-state index in [0.29, 0.717) is 26.0 Å². The lowest BCUT2D eigenvalue weighted by molar-refractivity contribution is 0.684. The SMILES string of the molecule is CS(=O)c1[nH]nc2cc(Cl)cc(Cl)c12. The van der Waals surface area contributed by atoms with Crippen molar-refractivity contribution in [1.29, 1.82) is 0 Å². The molecule has 0 bridgehead atoms. The second-order valence-corrected chi connectivity index (χ2v) is 4.95. The largest absolute Gasteiger partial charge is 0.268 e. The summed E-state index contributed by atoms with van der Waals surface area (Å²) >= 11 is 11.8. The van der Waals surface area contributed by atoms with E-state index in [1.54, 1.807) is 18.4 Å². The maximum absolute atomic E-state index is 11.3. The van der Waals surface area contributed by atoms with Crippen LogP contribution in [-0.4, -0.2) is 20.7 Å². The van der Waals surface area contributed by atoms with Crippen molar-refractivity contribution in [2.24, 2.45) is 0 Å². The van der Waals surface area contributed by atoms with Crippen molar-refractivity contribution in [2.75, 3.05) is 6.26 Å². The molecule has 6 heteroatoms. The molecular formula is C8H6Cl2N2OS. The zero-order valence-corrected chi connectivity index (χ0v) is 9.50. The average molecular weight is 249 g/mol. The van der Waals surface area contributed by atoms with Crippen LogP contribution in [0.25, 0.3) is 10.9 Å². The fourth-order valence-electron chi connectivity index (χ4n) is 1.25. The van der Waals surface area contributed by atoms with Crippen molar-refractivity contribution < 1.29 is 4.21 Å². The highest BCUT2D eigenvalue weighted by molar-refractivity contribution is 7.84. The number of H-pyrrole nitrogens is 1. The number of hydrogen-bond donors (Lipinski definition) is 1. The van der Waals surface area contributed by atoms with Crippen LogP contribution in [0.2, 0.25) is 10.0 Å². The molecule has 14 heavy (non-hydrogen) atoms. The zero-order chi connectivity index (χ0) is 10.3. The Bertz CT molecular complexity index is 523. The topological polar surface area (TPSA) is 45.8 Å². The molecule has 0 saturated heterocycles. The van der Waals surface area contributed by atoms with Gasteiger partial charge in [0, 0.05) is 11.3 Å². The average Bonchev–Trinajstić information content (AvgIpc) is 2.47. The van der Waals surface area contributed by atoms with Crippen LogP contribution in [0.1, 0.15) is 0 Å². The van der Waals surface area contributed by atoms with E-state index >= 15 is 0 Å². The second kappa shape index (κ2) is 3.53. The Morgan fingerprint density at radius 3 is 2.79 bits per heavy atom. The lowest BCUT2D eigenvalue weighted by atomic mass is 10.2. The molecule has 0 aliphatic carbocycles. The number of halogens is 2. The Balaban J connectivity index is 2.85. The monoisotopic (exact) mass is 248 g/mol. The van der Waals surface area contributed by atoms with Crippen molar-refractivity contribution in [3.05, 3.63) is 22.2 Å². The molecular weight excluding hydrogens is 243 g/mol. The van der Waals surface area contributed by atoms with E-state index in [2.05, 4.69) is 10.2 Å². The van der Waals surface area contributed by atoms with Crippen LogP contribution in [0.4, 0.5) is 0 Å². The van der Waals surface area contributed by atoms with Gasteiger partial charge in [-0.05, 0) is 12.1 Å². The molecule has 1 aromatic heterocycles. The van der Waals surface area contributed by atoms with Gasteiger partial charge in [-0.15, -0.1) is 0 Å². The van der Waals surface area contributed by atoms with E-state index in [9.17, 15) is 4.21 Å². The van der Waals surface area contributed by atoms with Crippen molar-refractivity contribution in [3.8, 4) is 0 Å². The number of nitrogens with one attached hydrogen (secondary N) is 1. The first-order valence-electron chi connectivity index (χ1n) is 3.76. The van der Waals surface area contributed by atoms with Crippen LogP contribution in [0.3, 0.4) is 0 Å². The van der Waals surface area contributed by atoms with Gasteiger partial charge in [0.25, 0.3) is 0 Å². The van der Waals surface area contributed by atoms with E-state index < -0.39 is 10.8 Å². The third-order valence-electron chi connectivity index (χ3n) is 1.83. The van der Waals surface area contributed by atoms with Gasteiger partial charge in [-0.1, -0.05) is 23.2 Å². The Labute approximate surface area is 92.9 Å². The van der Waals surface area contributed by atoms with Crippen LogP contribution in [0.5, 0.6) is 0 Å². The van der Waals surface area contributed by atoms with E-state index in [1.165, 1.54) is 0 Å². The molecule has 1 N–H and O–H groups in total. The third-order valence-corrected chi connectivity index (χ3v) is 3.21. The first kappa shape index (κ1) is 9.96. The molecule has 0 radical (unpaired) electrons. The Morgan fingerprint density at radius 1 is 1.43 bits per heavy atom. The Kier molecular flexibility index (Phi) is 2.51. The molecule has 2 aromatic rings. The lowest BCUT2D eigenvalue weighted by Gasteiger charge is -1.96. The predicted octanol–water partition coefficient (Wildman–Crippen LogP) is 2.61. The number of rotatable bonds is 1. The van der Waals surface area contributed by atoms with Gasteiger partial charge in [0.15, 0.2) is 0 Å². The van der Waals surface area contributed by atoms with Crippen molar-refractivity contribution in [3.63, 3.8) is 0 Å². The van der Waals surface area contributed by atoms with Crippen LogP contribution in [0.15, 0.2) is 17.2 Å². The molecule has 0 saturated carbocycles. The number of aromatic amines is 1. The highest BCUT2D eigenvalue weighted by Crippen LogP contribution is 2.30. The quantitative estimate of drug-likeness (QED) is 0.844. The van der Waals surface area contributed by atoms with Gasteiger partial charge in [-0.3, -0.25) is 9.31 Å². The van der Waals surface area contributed by atoms with Gasteiger partial charge in [-0.25, -0.2) is 0 Å². The first-order chi connectivity index (χ1) is 6.59. The predicted molar refractivity (Wildman–Crippen MR) is 58.4 cm³/mol. The zero-order valence-electron chi connectivity index (χ0n) is 7.17. The maximum Gasteiger partial charge on any atom is 0.131 e. The van der Waals surface area contributed by atoms with E-state index in [4.69, 9.17) is 23.2 Å². The summed E-state index contributed by atoms with van der Waals surface area (Å²) in [5, 5.41) is 8.85. The molecule has 0 amide bonds. The lowest BCUT2D eigenvalue weighted by Crippen LogP contribution is -1.88. The van der Waals surface area contributed by atoms with Gasteiger partial charge >= 0.3 is 0 Å². The molecule has 74 valence electrons. The standard InChI is InChI=1S/C8H6Cl2N2OS/c1-14(13)8-7-5(10)2-4(9)3-6(7)11-12-8/h2-3H,1H3,(H,11,12). The number of benzene rings is 1. The number of hydrogen-bond acceptors (Lipinski definition) is 2. The van der Waals surface area contributed by atoms with Gasteiger partial charge in [-0.2, -0.15) is 5.10 Å². The highest BCUT2D eigenvalue weighted by atomic mass is 35.5. The summed E-state index contributed by atoms with van der Waals surface area (Å²) in [6.45, 7) is 0. The van der Waals surface area contributed by atoms with Crippen molar-refractivity contribution >= 4 is 44.9 Å². The van der Waals surface area contributed by atoms with Crippen LogP contribution in [0, 0.1) is 0 Å². The third kappa shape index (κ3) is 1.54. The minimum absolute atomic E-state index is 0.464. The molecule has 0 aliphatic heterocycles. The van der Waals surface area contributed by atoms with Crippen molar-refractivity contribution in [2.45, 2.75) is 5.03 Å². The van der Waals surface area contributed by atoms with E-state index in [-0.39, 0.29) is 0 Å². The molecule has 0 aliphatic rings. The maximum atomic E-state index is 11.3. The molecule has 0 spiro atoms. The summed E-state index contributed by atoms with van der Waals surface area (Å²) in [6, 6.07) is 3.28. The summed E-state index contributed by atoms with van der Waals surface area (Å²) in [6.07, 6.45) is 1.57. The highest BCUT2D eigenvalue weighted by Gasteiger charge is 2.12. The van der Waals surface area contributed by atoms with Gasteiger partial charge in [0.2, 0.25) is 0 Å². The van der Waals surface area contributed by atoms with Crippen LogP contribution >= 0.6 is 23.2 Å². The molecule has 1 atom stereocenters. The van der Waals surface area contributed by atoms with Gasteiger partial charge in [0.05, 0.1) is 26.7 Å².